The second-order valence-corrected chi connectivity index (χ2v) is 4.43. The summed E-state index contributed by atoms with van der Waals surface area (Å²) in [6, 6.07) is 8.04. The van der Waals surface area contributed by atoms with Gasteiger partial charge in [0.1, 0.15) is 0 Å². The molecule has 1 amide bonds. The van der Waals surface area contributed by atoms with E-state index >= 15 is 0 Å². The van der Waals surface area contributed by atoms with Crippen molar-refractivity contribution in [2.75, 3.05) is 20.7 Å². The van der Waals surface area contributed by atoms with Gasteiger partial charge >= 0.3 is 0 Å². The van der Waals surface area contributed by atoms with Gasteiger partial charge in [-0.05, 0) is 18.2 Å². The molecule has 0 bridgehead atoms. The van der Waals surface area contributed by atoms with Crippen LogP contribution in [0.2, 0.25) is 0 Å². The largest absolute Gasteiger partial charge is 0.380 e. The van der Waals surface area contributed by atoms with Crippen molar-refractivity contribution in [3.05, 3.63) is 35.4 Å². The molecule has 0 aliphatic rings. The number of rotatable bonds is 7. The smallest absolute Gasteiger partial charge is 0.224 e. The Bertz CT molecular complexity index is 380. The molecular weight excluding hydrogens is 228 g/mol. The van der Waals surface area contributed by atoms with Crippen molar-refractivity contribution in [3.8, 4) is 0 Å². The van der Waals surface area contributed by atoms with Crippen LogP contribution in [0.25, 0.3) is 0 Å². The molecule has 0 aliphatic carbocycles. The lowest BCUT2D eigenvalue weighted by atomic mass is 10.1. The molecule has 1 aromatic carbocycles. The van der Waals surface area contributed by atoms with Crippen LogP contribution in [-0.2, 0) is 22.7 Å². The Hall–Kier alpha value is -1.39. The number of carbonyl (C=O) groups is 1. The molecule has 0 saturated carbocycles. The summed E-state index contributed by atoms with van der Waals surface area (Å²) < 4.78 is 5.08. The van der Waals surface area contributed by atoms with Crippen LogP contribution in [0.3, 0.4) is 0 Å². The molecule has 4 heteroatoms. The molecule has 4 nitrogen and oxygen atoms in total. The molecule has 18 heavy (non-hydrogen) atoms. The average molecular weight is 250 g/mol. The summed E-state index contributed by atoms with van der Waals surface area (Å²) in [6.07, 6.45) is 0. The van der Waals surface area contributed by atoms with E-state index in [1.165, 1.54) is 0 Å². The van der Waals surface area contributed by atoms with Crippen LogP contribution in [-0.4, -0.2) is 26.6 Å². The van der Waals surface area contributed by atoms with Gasteiger partial charge < -0.3 is 15.4 Å². The van der Waals surface area contributed by atoms with Gasteiger partial charge in [0.2, 0.25) is 5.91 Å². The predicted molar refractivity (Wildman–Crippen MR) is 72.1 cm³/mol. The Labute approximate surface area is 109 Å². The first-order valence-corrected chi connectivity index (χ1v) is 6.16. The monoisotopic (exact) mass is 250 g/mol. The van der Waals surface area contributed by atoms with Crippen molar-refractivity contribution < 1.29 is 9.53 Å². The van der Waals surface area contributed by atoms with Crippen molar-refractivity contribution in [3.63, 3.8) is 0 Å². The minimum Gasteiger partial charge on any atom is -0.380 e. The fraction of sp³-hybridized carbons (Fsp3) is 0.500. The normalized spacial score (nSPS) is 12.2. The maximum Gasteiger partial charge on any atom is 0.224 e. The molecule has 2 N–H and O–H groups in total. The first-order valence-electron chi connectivity index (χ1n) is 6.16. The lowest BCUT2D eigenvalue weighted by Gasteiger charge is -2.12. The SMILES string of the molecule is CNCC(C)C(=O)NCc1cccc(COC)c1. The quantitative estimate of drug-likeness (QED) is 0.767. The van der Waals surface area contributed by atoms with Crippen LogP contribution in [0.1, 0.15) is 18.1 Å². The molecule has 0 aromatic heterocycles. The van der Waals surface area contributed by atoms with Gasteiger partial charge in [-0.15, -0.1) is 0 Å². The molecule has 1 aromatic rings. The van der Waals surface area contributed by atoms with E-state index in [1.807, 2.05) is 38.2 Å². The first kappa shape index (κ1) is 14.7. The third-order valence-electron chi connectivity index (χ3n) is 2.73. The third-order valence-corrected chi connectivity index (χ3v) is 2.73. The van der Waals surface area contributed by atoms with Gasteiger partial charge in [-0.2, -0.15) is 0 Å². The summed E-state index contributed by atoms with van der Waals surface area (Å²) in [4.78, 5) is 11.7. The van der Waals surface area contributed by atoms with Crippen molar-refractivity contribution >= 4 is 5.91 Å². The fourth-order valence-corrected chi connectivity index (χ4v) is 1.76. The van der Waals surface area contributed by atoms with E-state index in [0.717, 1.165) is 11.1 Å². The van der Waals surface area contributed by atoms with E-state index < -0.39 is 0 Å². The number of carbonyl (C=O) groups excluding carboxylic acids is 1. The molecule has 1 atom stereocenters. The van der Waals surface area contributed by atoms with Gasteiger partial charge in [-0.25, -0.2) is 0 Å². The molecule has 0 spiro atoms. The van der Waals surface area contributed by atoms with Gasteiger partial charge in [-0.1, -0.05) is 31.2 Å². The average Bonchev–Trinajstić information content (AvgIpc) is 2.37. The minimum atomic E-state index is -0.0165. The van der Waals surface area contributed by atoms with E-state index in [9.17, 15) is 4.79 Å². The van der Waals surface area contributed by atoms with E-state index in [2.05, 4.69) is 10.6 Å². The number of methoxy groups -OCH3 is 1. The Morgan fingerprint density at radius 1 is 1.39 bits per heavy atom. The summed E-state index contributed by atoms with van der Waals surface area (Å²) in [6.45, 7) is 3.76. The summed E-state index contributed by atoms with van der Waals surface area (Å²) in [5, 5.41) is 5.93. The zero-order chi connectivity index (χ0) is 13.4. The van der Waals surface area contributed by atoms with E-state index in [1.54, 1.807) is 7.11 Å². The van der Waals surface area contributed by atoms with Crippen molar-refractivity contribution in [2.24, 2.45) is 5.92 Å². The number of ether oxygens (including phenoxy) is 1. The topological polar surface area (TPSA) is 50.4 Å². The lowest BCUT2D eigenvalue weighted by Crippen LogP contribution is -2.33. The highest BCUT2D eigenvalue weighted by molar-refractivity contribution is 5.78. The highest BCUT2D eigenvalue weighted by atomic mass is 16.5. The fourth-order valence-electron chi connectivity index (χ4n) is 1.76. The molecule has 0 heterocycles. The number of amides is 1. The third kappa shape index (κ3) is 4.85. The van der Waals surface area contributed by atoms with Crippen LogP contribution in [0.15, 0.2) is 24.3 Å². The second kappa shape index (κ2) is 7.84. The molecule has 1 rings (SSSR count). The first-order chi connectivity index (χ1) is 8.67. The van der Waals surface area contributed by atoms with Gasteiger partial charge in [-0.3, -0.25) is 4.79 Å². The standard InChI is InChI=1S/C14H22N2O2/c1-11(8-15-2)14(17)16-9-12-5-4-6-13(7-12)10-18-3/h4-7,11,15H,8-10H2,1-3H3,(H,16,17). The molecule has 0 saturated heterocycles. The van der Waals surface area contributed by atoms with Crippen LogP contribution < -0.4 is 10.6 Å². The Balaban J connectivity index is 2.47. The number of benzene rings is 1. The van der Waals surface area contributed by atoms with Crippen LogP contribution in [0.5, 0.6) is 0 Å². The van der Waals surface area contributed by atoms with Gasteiger partial charge in [0.25, 0.3) is 0 Å². The molecule has 1 unspecified atom stereocenters. The van der Waals surface area contributed by atoms with E-state index in [-0.39, 0.29) is 11.8 Å². The maximum atomic E-state index is 11.7. The summed E-state index contributed by atoms with van der Waals surface area (Å²) in [5.74, 6) is 0.0543. The summed E-state index contributed by atoms with van der Waals surface area (Å²) in [7, 11) is 3.52. The van der Waals surface area contributed by atoms with Crippen molar-refractivity contribution in [1.82, 2.24) is 10.6 Å². The molecule has 0 fully saturated rings. The van der Waals surface area contributed by atoms with Gasteiger partial charge in [0, 0.05) is 26.1 Å². The second-order valence-electron chi connectivity index (χ2n) is 4.43. The van der Waals surface area contributed by atoms with E-state index in [0.29, 0.717) is 19.7 Å². The lowest BCUT2D eigenvalue weighted by molar-refractivity contribution is -0.124. The van der Waals surface area contributed by atoms with Crippen LogP contribution in [0, 0.1) is 5.92 Å². The molecule has 0 aliphatic heterocycles. The summed E-state index contributed by atoms with van der Waals surface area (Å²) >= 11 is 0. The number of hydrogen-bond donors (Lipinski definition) is 2. The Morgan fingerprint density at radius 3 is 2.78 bits per heavy atom. The van der Waals surface area contributed by atoms with Gasteiger partial charge in [0.15, 0.2) is 0 Å². The zero-order valence-corrected chi connectivity index (χ0v) is 11.3. The zero-order valence-electron chi connectivity index (χ0n) is 11.3. The number of hydrogen-bond acceptors (Lipinski definition) is 3. The highest BCUT2D eigenvalue weighted by Crippen LogP contribution is 2.06. The molecule has 0 radical (unpaired) electrons. The van der Waals surface area contributed by atoms with Crippen molar-refractivity contribution in [2.45, 2.75) is 20.1 Å². The molecular formula is C14H22N2O2. The Morgan fingerprint density at radius 2 is 2.11 bits per heavy atom. The predicted octanol–water partition coefficient (Wildman–Crippen LogP) is 1.30. The van der Waals surface area contributed by atoms with E-state index in [4.69, 9.17) is 4.74 Å². The highest BCUT2D eigenvalue weighted by Gasteiger charge is 2.10. The van der Waals surface area contributed by atoms with Gasteiger partial charge in [0.05, 0.1) is 6.61 Å². The summed E-state index contributed by atoms with van der Waals surface area (Å²) in [5.41, 5.74) is 2.21. The molecule has 100 valence electrons. The maximum absolute atomic E-state index is 11.7. The minimum absolute atomic E-state index is 0.0165. The van der Waals surface area contributed by atoms with Crippen LogP contribution >= 0.6 is 0 Å². The van der Waals surface area contributed by atoms with Crippen molar-refractivity contribution in [1.29, 1.82) is 0 Å². The Kier molecular flexibility index (Phi) is 6.39. The van der Waals surface area contributed by atoms with Crippen LogP contribution in [0.4, 0.5) is 0 Å². The number of nitrogens with one attached hydrogen (secondary N) is 2.